The van der Waals surface area contributed by atoms with Crippen LogP contribution in [0.1, 0.15) is 24.8 Å². The van der Waals surface area contributed by atoms with E-state index in [9.17, 15) is 9.18 Å². The van der Waals surface area contributed by atoms with E-state index in [2.05, 4.69) is 26.3 Å². The Balaban J connectivity index is 1.77. The summed E-state index contributed by atoms with van der Waals surface area (Å²) in [6, 6.07) is 6.43. The van der Waals surface area contributed by atoms with Gasteiger partial charge in [0.05, 0.1) is 18.4 Å². The fourth-order valence-corrected chi connectivity index (χ4v) is 2.71. The van der Waals surface area contributed by atoms with Crippen LogP contribution in [-0.4, -0.2) is 15.8 Å². The summed E-state index contributed by atoms with van der Waals surface area (Å²) in [5.41, 5.74) is 1.40. The van der Waals surface area contributed by atoms with Crippen LogP contribution in [0, 0.1) is 5.82 Å². The van der Waals surface area contributed by atoms with E-state index in [0.717, 1.165) is 24.1 Å². The molecule has 1 aliphatic carbocycles. The smallest absolute Gasteiger partial charge is 0.269 e. The lowest BCUT2D eigenvalue weighted by atomic mass is 9.93. The second kappa shape index (κ2) is 5.97. The van der Waals surface area contributed by atoms with Gasteiger partial charge in [0.15, 0.2) is 0 Å². The molecule has 3 rings (SSSR count). The van der Waals surface area contributed by atoms with Crippen molar-refractivity contribution in [3.8, 4) is 0 Å². The highest BCUT2D eigenvalue weighted by atomic mass is 79.9. The molecule has 0 atom stereocenters. The van der Waals surface area contributed by atoms with Gasteiger partial charge in [-0.1, -0.05) is 22.0 Å². The average Bonchev–Trinajstić information content (AvgIpc) is 2.39. The molecule has 0 saturated heterocycles. The highest BCUT2D eigenvalue weighted by molar-refractivity contribution is 9.10. The maximum atomic E-state index is 13.1. The van der Waals surface area contributed by atoms with Crippen molar-refractivity contribution in [2.75, 3.05) is 5.32 Å². The molecule has 1 heterocycles. The quantitative estimate of drug-likeness (QED) is 0.920. The van der Waals surface area contributed by atoms with Gasteiger partial charge < -0.3 is 5.32 Å². The molecular weight excluding hydrogens is 337 g/mol. The first kappa shape index (κ1) is 14.3. The number of aromatic nitrogens is 2. The van der Waals surface area contributed by atoms with Crippen LogP contribution in [0.15, 0.2) is 39.7 Å². The van der Waals surface area contributed by atoms with E-state index >= 15 is 0 Å². The second-order valence-corrected chi connectivity index (χ2v) is 6.10. The number of rotatable bonds is 4. The van der Waals surface area contributed by atoms with E-state index in [1.807, 2.05) is 0 Å². The Hall–Kier alpha value is -1.69. The minimum absolute atomic E-state index is 0.171. The number of nitrogens with zero attached hydrogens (tertiary/aromatic N) is 2. The Bertz CT molecular complexity index is 712. The molecule has 4 nitrogen and oxygen atoms in total. The molecule has 0 amide bonds. The minimum atomic E-state index is -0.314. The zero-order valence-electron chi connectivity index (χ0n) is 11.4. The van der Waals surface area contributed by atoms with Crippen molar-refractivity contribution in [3.63, 3.8) is 0 Å². The van der Waals surface area contributed by atoms with Crippen LogP contribution in [0.4, 0.5) is 10.1 Å². The maximum Gasteiger partial charge on any atom is 0.269 e. The van der Waals surface area contributed by atoms with Crippen molar-refractivity contribution in [2.24, 2.45) is 0 Å². The summed E-state index contributed by atoms with van der Waals surface area (Å²) in [6.07, 6.45) is 5.19. The van der Waals surface area contributed by atoms with E-state index in [-0.39, 0.29) is 11.4 Å². The van der Waals surface area contributed by atoms with Crippen molar-refractivity contribution < 1.29 is 4.39 Å². The lowest BCUT2D eigenvalue weighted by molar-refractivity contribution is 0.445. The molecule has 0 bridgehead atoms. The second-order valence-electron chi connectivity index (χ2n) is 5.25. The van der Waals surface area contributed by atoms with Crippen molar-refractivity contribution in [2.45, 2.75) is 31.8 Å². The van der Waals surface area contributed by atoms with Crippen molar-refractivity contribution >= 4 is 21.6 Å². The van der Waals surface area contributed by atoms with Gasteiger partial charge in [0.25, 0.3) is 5.56 Å². The van der Waals surface area contributed by atoms with Gasteiger partial charge in [0.1, 0.15) is 5.82 Å². The summed E-state index contributed by atoms with van der Waals surface area (Å²) in [5.74, 6) is -0.314. The Morgan fingerprint density at radius 2 is 2.19 bits per heavy atom. The predicted molar refractivity (Wildman–Crippen MR) is 83.0 cm³/mol. The number of halogens is 2. The lowest BCUT2D eigenvalue weighted by Gasteiger charge is -2.27. The molecule has 1 aromatic heterocycles. The standard InChI is InChI=1S/C15H15BrFN3O/c16-14-6-11(17)5-4-10(14)9-20-15(21)7-13(8-18-20)19-12-2-1-3-12/h4-8,12,19H,1-3,9H2. The van der Waals surface area contributed by atoms with E-state index in [1.54, 1.807) is 18.3 Å². The predicted octanol–water partition coefficient (Wildman–Crippen LogP) is 3.16. The number of nitrogens with one attached hydrogen (secondary N) is 1. The van der Waals surface area contributed by atoms with E-state index in [0.29, 0.717) is 17.1 Å². The highest BCUT2D eigenvalue weighted by Gasteiger charge is 2.17. The third kappa shape index (κ3) is 3.32. The van der Waals surface area contributed by atoms with Crippen LogP contribution in [0.2, 0.25) is 0 Å². The first-order valence-corrected chi connectivity index (χ1v) is 7.69. The SMILES string of the molecule is O=c1cc(NC2CCC2)cnn1Cc1ccc(F)cc1Br. The van der Waals surface area contributed by atoms with Crippen molar-refractivity contribution in [3.05, 3.63) is 56.7 Å². The highest BCUT2D eigenvalue weighted by Crippen LogP contribution is 2.22. The third-order valence-electron chi connectivity index (χ3n) is 3.68. The van der Waals surface area contributed by atoms with Crippen molar-refractivity contribution in [1.82, 2.24) is 9.78 Å². The molecule has 0 unspecified atom stereocenters. The zero-order chi connectivity index (χ0) is 14.8. The van der Waals surface area contributed by atoms with E-state index in [1.165, 1.54) is 23.2 Å². The largest absolute Gasteiger partial charge is 0.381 e. The number of anilines is 1. The molecule has 0 spiro atoms. The summed E-state index contributed by atoms with van der Waals surface area (Å²) >= 11 is 3.30. The molecule has 1 saturated carbocycles. The summed E-state index contributed by atoms with van der Waals surface area (Å²) in [5, 5.41) is 7.47. The van der Waals surface area contributed by atoms with Gasteiger partial charge in [0.2, 0.25) is 0 Å². The summed E-state index contributed by atoms with van der Waals surface area (Å²) in [6.45, 7) is 0.309. The molecule has 1 aromatic carbocycles. The fraction of sp³-hybridized carbons (Fsp3) is 0.333. The van der Waals surface area contributed by atoms with Crippen LogP contribution in [0.25, 0.3) is 0 Å². The van der Waals surface area contributed by atoms with Gasteiger partial charge in [-0.25, -0.2) is 9.07 Å². The summed E-state index contributed by atoms with van der Waals surface area (Å²) in [4.78, 5) is 12.1. The first-order valence-electron chi connectivity index (χ1n) is 6.89. The van der Waals surface area contributed by atoms with Gasteiger partial charge in [-0.05, 0) is 37.0 Å². The topological polar surface area (TPSA) is 46.9 Å². The Morgan fingerprint density at radius 1 is 1.38 bits per heavy atom. The number of hydrogen-bond donors (Lipinski definition) is 1. The molecule has 0 radical (unpaired) electrons. The fourth-order valence-electron chi connectivity index (χ4n) is 2.23. The molecule has 1 fully saturated rings. The molecule has 2 aromatic rings. The van der Waals surface area contributed by atoms with E-state index < -0.39 is 0 Å². The molecular formula is C15H15BrFN3O. The van der Waals surface area contributed by atoms with Crippen LogP contribution >= 0.6 is 15.9 Å². The number of benzene rings is 1. The summed E-state index contributed by atoms with van der Waals surface area (Å²) in [7, 11) is 0. The lowest BCUT2D eigenvalue weighted by Crippen LogP contribution is -2.29. The van der Waals surface area contributed by atoms with Crippen LogP contribution in [0.3, 0.4) is 0 Å². The zero-order valence-corrected chi connectivity index (χ0v) is 12.9. The van der Waals surface area contributed by atoms with Crippen LogP contribution in [0.5, 0.6) is 0 Å². The van der Waals surface area contributed by atoms with Gasteiger partial charge >= 0.3 is 0 Å². The third-order valence-corrected chi connectivity index (χ3v) is 4.42. The van der Waals surface area contributed by atoms with E-state index in [4.69, 9.17) is 0 Å². The maximum absolute atomic E-state index is 13.1. The van der Waals surface area contributed by atoms with Gasteiger partial charge in [-0.3, -0.25) is 4.79 Å². The van der Waals surface area contributed by atoms with Crippen LogP contribution in [-0.2, 0) is 6.54 Å². The Labute approximate surface area is 130 Å². The van der Waals surface area contributed by atoms with Crippen molar-refractivity contribution in [1.29, 1.82) is 0 Å². The van der Waals surface area contributed by atoms with Gasteiger partial charge in [-0.2, -0.15) is 5.10 Å². The molecule has 1 N–H and O–H groups in total. The number of hydrogen-bond acceptors (Lipinski definition) is 3. The monoisotopic (exact) mass is 351 g/mol. The van der Waals surface area contributed by atoms with Gasteiger partial charge in [0, 0.05) is 16.6 Å². The van der Waals surface area contributed by atoms with Crippen LogP contribution < -0.4 is 10.9 Å². The Morgan fingerprint density at radius 3 is 2.81 bits per heavy atom. The Kier molecular flexibility index (Phi) is 4.05. The molecule has 110 valence electrons. The molecule has 21 heavy (non-hydrogen) atoms. The van der Waals surface area contributed by atoms with Gasteiger partial charge in [-0.15, -0.1) is 0 Å². The first-order chi connectivity index (χ1) is 10.1. The molecule has 0 aliphatic heterocycles. The summed E-state index contributed by atoms with van der Waals surface area (Å²) < 4.78 is 15.1. The molecule has 1 aliphatic rings. The minimum Gasteiger partial charge on any atom is -0.381 e. The normalized spacial score (nSPS) is 14.8. The average molecular weight is 352 g/mol. The molecule has 6 heteroatoms.